The summed E-state index contributed by atoms with van der Waals surface area (Å²) < 4.78 is 0. The standard InChI is InChI=1S/C17H23ClN4O2/c1-2-3-11-9-22(14-5-4-12(18)8-20-14)10-13(11)21-16(24)17(6-7-17)15(19)23/h4-5,8,11,13H,2-3,6-7,9-10H2,1H3,(H2,19,23)(H,21,24)/t11-,13-/m1/s1. The summed E-state index contributed by atoms with van der Waals surface area (Å²) in [4.78, 5) is 30.6. The van der Waals surface area contributed by atoms with Crippen LogP contribution in [0.2, 0.25) is 5.02 Å². The second-order valence-electron chi connectivity index (χ2n) is 6.81. The van der Waals surface area contributed by atoms with Gasteiger partial charge in [-0.3, -0.25) is 9.59 Å². The Labute approximate surface area is 146 Å². The third-order valence-corrected chi connectivity index (χ3v) is 5.33. The number of anilines is 1. The molecule has 7 heteroatoms. The van der Waals surface area contributed by atoms with Crippen molar-refractivity contribution in [3.8, 4) is 0 Å². The molecule has 24 heavy (non-hydrogen) atoms. The van der Waals surface area contributed by atoms with Crippen molar-refractivity contribution in [1.82, 2.24) is 10.3 Å². The van der Waals surface area contributed by atoms with E-state index >= 15 is 0 Å². The normalized spacial score (nSPS) is 24.7. The largest absolute Gasteiger partial charge is 0.369 e. The van der Waals surface area contributed by atoms with E-state index in [4.69, 9.17) is 17.3 Å². The quantitative estimate of drug-likeness (QED) is 0.764. The SMILES string of the molecule is CCC[C@@H]1CN(c2ccc(Cl)cn2)C[C@H]1NC(=O)C1(C(N)=O)CC1. The molecule has 1 aliphatic heterocycles. The highest BCUT2D eigenvalue weighted by atomic mass is 35.5. The number of nitrogens with one attached hydrogen (secondary N) is 1. The second kappa shape index (κ2) is 6.59. The van der Waals surface area contributed by atoms with Crippen molar-refractivity contribution in [3.05, 3.63) is 23.4 Å². The Bertz CT molecular complexity index is 630. The van der Waals surface area contributed by atoms with Crippen LogP contribution in [0.15, 0.2) is 18.3 Å². The number of carbonyl (C=O) groups is 2. The van der Waals surface area contributed by atoms with E-state index in [1.807, 2.05) is 12.1 Å². The van der Waals surface area contributed by atoms with Crippen LogP contribution in [-0.2, 0) is 9.59 Å². The van der Waals surface area contributed by atoms with E-state index in [9.17, 15) is 9.59 Å². The predicted octanol–water partition coefficient (Wildman–Crippen LogP) is 1.72. The van der Waals surface area contributed by atoms with Gasteiger partial charge in [0.05, 0.1) is 11.1 Å². The predicted molar refractivity (Wildman–Crippen MR) is 92.7 cm³/mol. The molecule has 130 valence electrons. The molecule has 0 radical (unpaired) electrons. The Kier molecular flexibility index (Phi) is 4.67. The molecule has 0 aromatic carbocycles. The number of nitrogens with two attached hydrogens (primary N) is 1. The van der Waals surface area contributed by atoms with Gasteiger partial charge in [0.1, 0.15) is 11.2 Å². The van der Waals surface area contributed by atoms with E-state index in [2.05, 4.69) is 22.1 Å². The molecule has 1 aliphatic carbocycles. The number of halogens is 1. The lowest BCUT2D eigenvalue weighted by atomic mass is 9.96. The van der Waals surface area contributed by atoms with Gasteiger partial charge in [-0.05, 0) is 37.3 Å². The van der Waals surface area contributed by atoms with Gasteiger partial charge in [-0.25, -0.2) is 4.98 Å². The van der Waals surface area contributed by atoms with Gasteiger partial charge in [-0.2, -0.15) is 0 Å². The second-order valence-corrected chi connectivity index (χ2v) is 7.25. The lowest BCUT2D eigenvalue weighted by molar-refractivity contribution is -0.135. The minimum atomic E-state index is -0.970. The monoisotopic (exact) mass is 350 g/mol. The first-order chi connectivity index (χ1) is 11.5. The number of amides is 2. The molecule has 1 aromatic heterocycles. The zero-order chi connectivity index (χ0) is 17.3. The lowest BCUT2D eigenvalue weighted by Gasteiger charge is -2.21. The molecule has 1 aromatic rings. The van der Waals surface area contributed by atoms with Gasteiger partial charge in [-0.15, -0.1) is 0 Å². The summed E-state index contributed by atoms with van der Waals surface area (Å²) in [6, 6.07) is 3.71. The van der Waals surface area contributed by atoms with Crippen molar-refractivity contribution < 1.29 is 9.59 Å². The Hall–Kier alpha value is -1.82. The maximum absolute atomic E-state index is 12.5. The van der Waals surface area contributed by atoms with Crippen LogP contribution in [0.3, 0.4) is 0 Å². The average Bonchev–Trinajstić information content (AvgIpc) is 3.28. The first-order valence-corrected chi connectivity index (χ1v) is 8.81. The molecule has 2 aliphatic rings. The van der Waals surface area contributed by atoms with Crippen molar-refractivity contribution in [3.63, 3.8) is 0 Å². The van der Waals surface area contributed by atoms with Crippen molar-refractivity contribution in [1.29, 1.82) is 0 Å². The van der Waals surface area contributed by atoms with Crippen LogP contribution in [0.4, 0.5) is 5.82 Å². The van der Waals surface area contributed by atoms with E-state index in [0.29, 0.717) is 30.3 Å². The average molecular weight is 351 g/mol. The van der Waals surface area contributed by atoms with Crippen molar-refractivity contribution in [2.24, 2.45) is 17.1 Å². The fourth-order valence-electron chi connectivity index (χ4n) is 3.46. The van der Waals surface area contributed by atoms with Crippen molar-refractivity contribution in [2.75, 3.05) is 18.0 Å². The number of hydrogen-bond acceptors (Lipinski definition) is 4. The van der Waals surface area contributed by atoms with E-state index in [-0.39, 0.29) is 11.9 Å². The summed E-state index contributed by atoms with van der Waals surface area (Å²) in [7, 11) is 0. The van der Waals surface area contributed by atoms with Gasteiger partial charge in [0.2, 0.25) is 11.8 Å². The van der Waals surface area contributed by atoms with Crippen LogP contribution in [-0.4, -0.2) is 35.9 Å². The van der Waals surface area contributed by atoms with Crippen LogP contribution >= 0.6 is 11.6 Å². The minimum Gasteiger partial charge on any atom is -0.369 e. The van der Waals surface area contributed by atoms with E-state index in [1.165, 1.54) is 0 Å². The zero-order valence-electron chi connectivity index (χ0n) is 13.8. The van der Waals surface area contributed by atoms with Crippen LogP contribution < -0.4 is 16.0 Å². The highest BCUT2D eigenvalue weighted by Crippen LogP contribution is 2.45. The van der Waals surface area contributed by atoms with Crippen LogP contribution in [0.25, 0.3) is 0 Å². The number of carbonyl (C=O) groups excluding carboxylic acids is 2. The molecule has 3 rings (SSSR count). The topological polar surface area (TPSA) is 88.3 Å². The van der Waals surface area contributed by atoms with E-state index < -0.39 is 11.3 Å². The summed E-state index contributed by atoms with van der Waals surface area (Å²) in [6.45, 7) is 3.64. The number of pyridine rings is 1. The van der Waals surface area contributed by atoms with Crippen molar-refractivity contribution in [2.45, 2.75) is 38.6 Å². The number of rotatable bonds is 6. The first-order valence-electron chi connectivity index (χ1n) is 8.43. The molecule has 1 saturated carbocycles. The molecule has 1 saturated heterocycles. The van der Waals surface area contributed by atoms with Crippen LogP contribution in [0.1, 0.15) is 32.6 Å². The minimum absolute atomic E-state index is 0.00625. The summed E-state index contributed by atoms with van der Waals surface area (Å²) >= 11 is 5.90. The molecule has 2 fully saturated rings. The summed E-state index contributed by atoms with van der Waals surface area (Å²) in [5.74, 6) is 0.460. The molecule has 2 atom stereocenters. The van der Waals surface area contributed by atoms with E-state index in [0.717, 1.165) is 25.2 Å². The number of nitrogens with zero attached hydrogens (tertiary/aromatic N) is 2. The Morgan fingerprint density at radius 1 is 1.42 bits per heavy atom. The van der Waals surface area contributed by atoms with Crippen molar-refractivity contribution >= 4 is 29.2 Å². The van der Waals surface area contributed by atoms with Gasteiger partial charge in [0, 0.05) is 19.3 Å². The first kappa shape index (κ1) is 17.0. The molecular weight excluding hydrogens is 328 g/mol. The number of primary amides is 1. The fraction of sp³-hybridized carbons (Fsp3) is 0.588. The highest BCUT2D eigenvalue weighted by molar-refractivity contribution is 6.30. The molecular formula is C17H23ClN4O2. The summed E-state index contributed by atoms with van der Waals surface area (Å²) in [5.41, 5.74) is 4.43. The zero-order valence-corrected chi connectivity index (χ0v) is 14.6. The Morgan fingerprint density at radius 2 is 2.17 bits per heavy atom. The van der Waals surface area contributed by atoms with E-state index in [1.54, 1.807) is 6.20 Å². The highest BCUT2D eigenvalue weighted by Gasteiger charge is 2.56. The summed E-state index contributed by atoms with van der Waals surface area (Å²) in [6.07, 6.45) is 4.80. The smallest absolute Gasteiger partial charge is 0.235 e. The molecule has 0 spiro atoms. The molecule has 6 nitrogen and oxygen atoms in total. The summed E-state index contributed by atoms with van der Waals surface area (Å²) in [5, 5.41) is 3.68. The molecule has 0 bridgehead atoms. The third kappa shape index (κ3) is 3.20. The number of aromatic nitrogens is 1. The maximum Gasteiger partial charge on any atom is 0.235 e. The Balaban J connectivity index is 1.70. The lowest BCUT2D eigenvalue weighted by Crippen LogP contribution is -2.47. The maximum atomic E-state index is 12.5. The van der Waals surface area contributed by atoms with Gasteiger partial charge >= 0.3 is 0 Å². The third-order valence-electron chi connectivity index (χ3n) is 5.11. The number of hydrogen-bond donors (Lipinski definition) is 2. The molecule has 0 unspecified atom stereocenters. The molecule has 3 N–H and O–H groups in total. The van der Waals surface area contributed by atoms with Gasteiger partial charge in [-0.1, -0.05) is 24.9 Å². The fourth-order valence-corrected chi connectivity index (χ4v) is 3.57. The van der Waals surface area contributed by atoms with Crippen LogP contribution in [0, 0.1) is 11.3 Å². The Morgan fingerprint density at radius 3 is 2.71 bits per heavy atom. The van der Waals surface area contributed by atoms with Gasteiger partial charge in [0.15, 0.2) is 0 Å². The molecule has 2 heterocycles. The van der Waals surface area contributed by atoms with Crippen LogP contribution in [0.5, 0.6) is 0 Å². The van der Waals surface area contributed by atoms with Gasteiger partial charge < -0.3 is 16.0 Å². The van der Waals surface area contributed by atoms with Gasteiger partial charge in [0.25, 0.3) is 0 Å². The molecule has 2 amide bonds.